The summed E-state index contributed by atoms with van der Waals surface area (Å²) in [6.07, 6.45) is 0. The molecular weight excluding hydrogens is 275 g/mol. The van der Waals surface area contributed by atoms with E-state index in [1.807, 2.05) is 0 Å². The van der Waals surface area contributed by atoms with E-state index < -0.39 is 21.8 Å². The second kappa shape index (κ2) is 6.27. The Kier molecular flexibility index (Phi) is 4.68. The Hall–Kier alpha value is -1.24. The molecule has 1 aliphatic heterocycles. The van der Waals surface area contributed by atoms with Crippen molar-refractivity contribution in [3.05, 3.63) is 39.7 Å². The van der Waals surface area contributed by atoms with Gasteiger partial charge in [-0.3, -0.25) is 15.0 Å². The summed E-state index contributed by atoms with van der Waals surface area (Å²) in [5.74, 6) is -0.844. The molecule has 0 bridgehead atoms. The molecule has 5 nitrogen and oxygen atoms in total. The Morgan fingerprint density at radius 1 is 1.47 bits per heavy atom. The minimum Gasteiger partial charge on any atom is -0.379 e. The van der Waals surface area contributed by atoms with Crippen molar-refractivity contribution in [3.8, 4) is 0 Å². The monoisotopic (exact) mass is 288 g/mol. The van der Waals surface area contributed by atoms with Crippen LogP contribution in [0.15, 0.2) is 18.2 Å². The number of hydrogen-bond donors (Lipinski definition) is 0. The van der Waals surface area contributed by atoms with Gasteiger partial charge in [0, 0.05) is 25.7 Å². The van der Waals surface area contributed by atoms with Crippen LogP contribution in [0.3, 0.4) is 0 Å². The van der Waals surface area contributed by atoms with Crippen LogP contribution in [0.1, 0.15) is 10.9 Å². The predicted octanol–water partition coefficient (Wildman–Crippen LogP) is 2.35. The van der Waals surface area contributed by atoms with Gasteiger partial charge in [-0.05, 0) is 11.6 Å². The maximum atomic E-state index is 13.2. The quantitative estimate of drug-likeness (QED) is 0.485. The lowest BCUT2D eigenvalue weighted by molar-refractivity contribution is -0.387. The van der Waals surface area contributed by atoms with E-state index in [2.05, 4.69) is 4.90 Å². The van der Waals surface area contributed by atoms with E-state index in [1.165, 1.54) is 12.1 Å². The summed E-state index contributed by atoms with van der Waals surface area (Å²) in [6, 6.07) is 3.77. The molecule has 2 rings (SSSR count). The first-order chi connectivity index (χ1) is 9.08. The Morgan fingerprint density at radius 2 is 2.16 bits per heavy atom. The van der Waals surface area contributed by atoms with E-state index in [4.69, 9.17) is 16.3 Å². The maximum Gasteiger partial charge on any atom is 0.305 e. The summed E-state index contributed by atoms with van der Waals surface area (Å²) in [5.41, 5.74) is 0.0198. The van der Waals surface area contributed by atoms with Gasteiger partial charge in [-0.25, -0.2) is 0 Å². The SMILES string of the molecule is O=[N+]([O-])c1cc(C(Cl)CN2CCOCC2)ccc1F. The Morgan fingerprint density at radius 3 is 2.79 bits per heavy atom. The van der Waals surface area contributed by atoms with Crippen molar-refractivity contribution >= 4 is 17.3 Å². The van der Waals surface area contributed by atoms with E-state index in [9.17, 15) is 14.5 Å². The van der Waals surface area contributed by atoms with Crippen molar-refractivity contribution in [2.75, 3.05) is 32.8 Å². The second-order valence-corrected chi connectivity index (χ2v) is 4.88. The summed E-state index contributed by atoms with van der Waals surface area (Å²) in [4.78, 5) is 12.1. The molecule has 1 aromatic rings. The first kappa shape index (κ1) is 14.2. The van der Waals surface area contributed by atoms with E-state index in [1.54, 1.807) is 0 Å². The second-order valence-electron chi connectivity index (χ2n) is 4.35. The number of nitro benzene ring substituents is 1. The number of alkyl halides is 1. The highest BCUT2D eigenvalue weighted by Gasteiger charge is 2.20. The first-order valence-corrected chi connectivity index (χ1v) is 6.39. The van der Waals surface area contributed by atoms with Gasteiger partial charge >= 0.3 is 5.69 Å². The molecule has 1 aromatic carbocycles. The van der Waals surface area contributed by atoms with Gasteiger partial charge in [0.15, 0.2) is 0 Å². The molecule has 0 N–H and O–H groups in total. The first-order valence-electron chi connectivity index (χ1n) is 5.96. The van der Waals surface area contributed by atoms with E-state index in [0.29, 0.717) is 25.3 Å². The van der Waals surface area contributed by atoms with Crippen LogP contribution < -0.4 is 0 Å². The zero-order chi connectivity index (χ0) is 13.8. The van der Waals surface area contributed by atoms with Crippen LogP contribution in [0.2, 0.25) is 0 Å². The normalized spacial score (nSPS) is 18.2. The molecule has 0 saturated carbocycles. The summed E-state index contributed by atoms with van der Waals surface area (Å²) >= 11 is 6.24. The Labute approximate surface area is 115 Å². The van der Waals surface area contributed by atoms with Crippen LogP contribution in [-0.2, 0) is 4.74 Å². The van der Waals surface area contributed by atoms with Crippen molar-refractivity contribution in [1.82, 2.24) is 4.90 Å². The molecule has 1 saturated heterocycles. The lowest BCUT2D eigenvalue weighted by Gasteiger charge is -2.28. The third kappa shape index (κ3) is 3.62. The molecule has 104 valence electrons. The van der Waals surface area contributed by atoms with Crippen LogP contribution >= 0.6 is 11.6 Å². The van der Waals surface area contributed by atoms with Gasteiger partial charge in [-0.15, -0.1) is 11.6 Å². The van der Waals surface area contributed by atoms with Gasteiger partial charge in [0.25, 0.3) is 0 Å². The molecule has 1 heterocycles. The van der Waals surface area contributed by atoms with Crippen molar-refractivity contribution in [2.45, 2.75) is 5.38 Å². The number of halogens is 2. The third-order valence-corrected chi connectivity index (χ3v) is 3.44. The predicted molar refractivity (Wildman–Crippen MR) is 68.9 cm³/mol. The van der Waals surface area contributed by atoms with Crippen molar-refractivity contribution < 1.29 is 14.1 Å². The summed E-state index contributed by atoms with van der Waals surface area (Å²) < 4.78 is 18.5. The van der Waals surface area contributed by atoms with Crippen molar-refractivity contribution in [2.24, 2.45) is 0 Å². The lowest BCUT2D eigenvalue weighted by Crippen LogP contribution is -2.38. The highest BCUT2D eigenvalue weighted by molar-refractivity contribution is 6.21. The molecule has 7 heteroatoms. The third-order valence-electron chi connectivity index (χ3n) is 3.05. The number of benzene rings is 1. The van der Waals surface area contributed by atoms with Crippen molar-refractivity contribution in [3.63, 3.8) is 0 Å². The number of rotatable bonds is 4. The standard InChI is InChI=1S/C12H14ClFN2O3/c13-10(8-15-3-5-19-6-4-15)9-1-2-11(14)12(7-9)16(17)18/h1-2,7,10H,3-6,8H2. The maximum absolute atomic E-state index is 13.2. The molecular formula is C12H14ClFN2O3. The smallest absolute Gasteiger partial charge is 0.305 e. The molecule has 0 amide bonds. The van der Waals surface area contributed by atoms with Gasteiger partial charge in [0.2, 0.25) is 5.82 Å². The fourth-order valence-electron chi connectivity index (χ4n) is 1.98. The van der Waals surface area contributed by atoms with Gasteiger partial charge in [-0.2, -0.15) is 4.39 Å². The largest absolute Gasteiger partial charge is 0.379 e. The van der Waals surface area contributed by atoms with Crippen molar-refractivity contribution in [1.29, 1.82) is 0 Å². The zero-order valence-electron chi connectivity index (χ0n) is 10.2. The van der Waals surface area contributed by atoms with Crippen LogP contribution in [0.25, 0.3) is 0 Å². The molecule has 1 atom stereocenters. The number of hydrogen-bond acceptors (Lipinski definition) is 4. The fraction of sp³-hybridized carbons (Fsp3) is 0.500. The number of morpholine rings is 1. The summed E-state index contributed by atoms with van der Waals surface area (Å²) in [5, 5.41) is 10.3. The number of ether oxygens (including phenoxy) is 1. The summed E-state index contributed by atoms with van der Waals surface area (Å²) in [6.45, 7) is 3.45. The fourth-order valence-corrected chi connectivity index (χ4v) is 2.31. The minimum absolute atomic E-state index is 0.405. The molecule has 19 heavy (non-hydrogen) atoms. The molecule has 0 spiro atoms. The average Bonchev–Trinajstić information content (AvgIpc) is 2.40. The van der Waals surface area contributed by atoms with E-state index >= 15 is 0 Å². The number of nitrogens with zero attached hydrogens (tertiary/aromatic N) is 2. The molecule has 1 aliphatic rings. The molecule has 0 aliphatic carbocycles. The minimum atomic E-state index is -0.844. The molecule has 1 fully saturated rings. The van der Waals surface area contributed by atoms with Crippen LogP contribution in [0.5, 0.6) is 0 Å². The van der Waals surface area contributed by atoms with E-state index in [-0.39, 0.29) is 0 Å². The van der Waals surface area contributed by atoms with Gasteiger partial charge in [0.05, 0.1) is 23.5 Å². The van der Waals surface area contributed by atoms with Crippen LogP contribution in [-0.4, -0.2) is 42.7 Å². The topological polar surface area (TPSA) is 55.6 Å². The number of nitro groups is 1. The Balaban J connectivity index is 2.07. The van der Waals surface area contributed by atoms with Gasteiger partial charge < -0.3 is 4.74 Å². The van der Waals surface area contributed by atoms with Gasteiger partial charge in [-0.1, -0.05) is 6.07 Å². The van der Waals surface area contributed by atoms with Gasteiger partial charge in [0.1, 0.15) is 0 Å². The van der Waals surface area contributed by atoms with E-state index in [0.717, 1.165) is 19.2 Å². The summed E-state index contributed by atoms with van der Waals surface area (Å²) in [7, 11) is 0. The highest BCUT2D eigenvalue weighted by atomic mass is 35.5. The highest BCUT2D eigenvalue weighted by Crippen LogP contribution is 2.27. The molecule has 0 radical (unpaired) electrons. The molecule has 0 aromatic heterocycles. The van der Waals surface area contributed by atoms with Crippen LogP contribution in [0.4, 0.5) is 10.1 Å². The average molecular weight is 289 g/mol. The zero-order valence-corrected chi connectivity index (χ0v) is 11.0. The lowest BCUT2D eigenvalue weighted by atomic mass is 10.1. The Bertz CT molecular complexity index is 466. The molecule has 1 unspecified atom stereocenters. The van der Waals surface area contributed by atoms with Crippen LogP contribution in [0, 0.1) is 15.9 Å².